The van der Waals surface area contributed by atoms with E-state index < -0.39 is 23.8 Å². The van der Waals surface area contributed by atoms with Gasteiger partial charge in [-0.05, 0) is 76.6 Å². The number of amides is 3. The van der Waals surface area contributed by atoms with Crippen molar-refractivity contribution in [3.05, 3.63) is 65.2 Å². The fourth-order valence-corrected chi connectivity index (χ4v) is 4.13. The van der Waals surface area contributed by atoms with Crippen LogP contribution in [-0.2, 0) is 14.3 Å². The zero-order valence-corrected chi connectivity index (χ0v) is 23.7. The van der Waals surface area contributed by atoms with Gasteiger partial charge in [-0.2, -0.15) is 0 Å². The largest absolute Gasteiger partial charge is 0.444 e. The first kappa shape index (κ1) is 29.9. The van der Waals surface area contributed by atoms with E-state index in [4.69, 9.17) is 4.74 Å². The molecule has 0 fully saturated rings. The molecule has 2 N–H and O–H groups in total. The molecule has 3 atom stereocenters. The lowest BCUT2D eigenvalue weighted by atomic mass is 9.94. The first-order valence-corrected chi connectivity index (χ1v) is 13.0. The van der Waals surface area contributed by atoms with Crippen molar-refractivity contribution in [2.75, 3.05) is 5.32 Å². The SMILES string of the molecule is CCC(C)N(C(=O)C(NC(=O)OC(C)(C)C)C(C)C)C(C(=O)Nc1ccccc1C)c1ccccc1C. The molecule has 0 aliphatic heterocycles. The van der Waals surface area contributed by atoms with E-state index >= 15 is 0 Å². The third-order valence-electron chi connectivity index (χ3n) is 6.34. The molecule has 0 aliphatic carbocycles. The van der Waals surface area contributed by atoms with Gasteiger partial charge >= 0.3 is 6.09 Å². The Balaban J connectivity index is 2.58. The molecule has 202 valence electrons. The molecule has 0 spiro atoms. The van der Waals surface area contributed by atoms with Crippen molar-refractivity contribution in [3.63, 3.8) is 0 Å². The molecule has 0 aliphatic rings. The van der Waals surface area contributed by atoms with Gasteiger partial charge in [-0.25, -0.2) is 4.79 Å². The third kappa shape index (κ3) is 8.07. The number of carbonyl (C=O) groups excluding carboxylic acids is 3. The van der Waals surface area contributed by atoms with Crippen LogP contribution in [0.2, 0.25) is 0 Å². The summed E-state index contributed by atoms with van der Waals surface area (Å²) >= 11 is 0. The molecule has 37 heavy (non-hydrogen) atoms. The second-order valence-electron chi connectivity index (χ2n) is 10.9. The number of hydrogen-bond acceptors (Lipinski definition) is 4. The van der Waals surface area contributed by atoms with Crippen LogP contribution in [0.15, 0.2) is 48.5 Å². The van der Waals surface area contributed by atoms with Crippen molar-refractivity contribution in [3.8, 4) is 0 Å². The highest BCUT2D eigenvalue weighted by Crippen LogP contribution is 2.30. The van der Waals surface area contributed by atoms with Gasteiger partial charge in [-0.15, -0.1) is 0 Å². The maximum absolute atomic E-state index is 14.2. The predicted octanol–water partition coefficient (Wildman–Crippen LogP) is 6.16. The normalized spacial score (nSPS) is 13.9. The first-order valence-electron chi connectivity index (χ1n) is 13.0. The molecule has 0 saturated heterocycles. The van der Waals surface area contributed by atoms with Crippen molar-refractivity contribution < 1.29 is 19.1 Å². The number of rotatable bonds is 9. The standard InChI is InChI=1S/C30H43N3O4/c1-10-22(6)33(28(35)25(19(2)3)32-29(36)37-30(7,8)9)26(23-17-13-11-15-20(23)4)27(34)31-24-18-14-12-16-21(24)5/h11-19,22,25-26H,10H2,1-9H3,(H,31,34)(H,32,36). The number of hydrogen-bond donors (Lipinski definition) is 2. The summed E-state index contributed by atoms with van der Waals surface area (Å²) in [6, 6.07) is 13.1. The molecule has 3 amide bonds. The quantitative estimate of drug-likeness (QED) is 0.424. The Morgan fingerprint density at radius 3 is 2.00 bits per heavy atom. The van der Waals surface area contributed by atoms with Crippen LogP contribution in [-0.4, -0.2) is 40.5 Å². The number of para-hydroxylation sites is 1. The van der Waals surface area contributed by atoms with Crippen LogP contribution in [0.3, 0.4) is 0 Å². The number of alkyl carbamates (subject to hydrolysis) is 1. The van der Waals surface area contributed by atoms with E-state index in [0.717, 1.165) is 16.7 Å². The minimum atomic E-state index is -0.898. The molecular formula is C30H43N3O4. The molecule has 0 heterocycles. The van der Waals surface area contributed by atoms with Crippen LogP contribution in [0, 0.1) is 19.8 Å². The molecule has 2 aromatic carbocycles. The Bertz CT molecular complexity index is 1090. The minimum Gasteiger partial charge on any atom is -0.444 e. The summed E-state index contributed by atoms with van der Waals surface area (Å²) in [5.41, 5.74) is 2.54. The number of nitrogens with one attached hydrogen (secondary N) is 2. The molecule has 7 heteroatoms. The summed E-state index contributed by atoms with van der Waals surface area (Å²) in [4.78, 5) is 42.5. The fourth-order valence-electron chi connectivity index (χ4n) is 4.13. The van der Waals surface area contributed by atoms with E-state index in [1.807, 2.05) is 90.1 Å². The molecule has 7 nitrogen and oxygen atoms in total. The smallest absolute Gasteiger partial charge is 0.408 e. The van der Waals surface area contributed by atoms with Crippen LogP contribution >= 0.6 is 0 Å². The summed E-state index contributed by atoms with van der Waals surface area (Å²) in [7, 11) is 0. The van der Waals surface area contributed by atoms with Gasteiger partial charge in [0.2, 0.25) is 5.91 Å². The second-order valence-corrected chi connectivity index (χ2v) is 10.9. The zero-order chi connectivity index (χ0) is 27.9. The molecule has 0 saturated carbocycles. The van der Waals surface area contributed by atoms with Gasteiger partial charge in [-0.3, -0.25) is 9.59 Å². The lowest BCUT2D eigenvalue weighted by Gasteiger charge is -2.39. The Hall–Kier alpha value is -3.35. The highest BCUT2D eigenvalue weighted by Gasteiger charge is 2.40. The third-order valence-corrected chi connectivity index (χ3v) is 6.34. The van der Waals surface area contributed by atoms with E-state index in [2.05, 4.69) is 10.6 Å². The van der Waals surface area contributed by atoms with E-state index in [9.17, 15) is 14.4 Å². The minimum absolute atomic E-state index is 0.233. The Morgan fingerprint density at radius 1 is 0.919 bits per heavy atom. The number of aryl methyl sites for hydroxylation is 2. The van der Waals surface area contributed by atoms with Gasteiger partial charge < -0.3 is 20.3 Å². The summed E-state index contributed by atoms with van der Waals surface area (Å²) < 4.78 is 5.44. The highest BCUT2D eigenvalue weighted by molar-refractivity contribution is 5.99. The lowest BCUT2D eigenvalue weighted by Crippen LogP contribution is -2.56. The van der Waals surface area contributed by atoms with Crippen molar-refractivity contribution in [1.29, 1.82) is 0 Å². The molecular weight excluding hydrogens is 466 g/mol. The second kappa shape index (κ2) is 12.7. The average Bonchev–Trinajstić information content (AvgIpc) is 2.81. The topological polar surface area (TPSA) is 87.7 Å². The molecule has 0 bridgehead atoms. The van der Waals surface area contributed by atoms with Gasteiger partial charge in [0.25, 0.3) is 5.91 Å². The van der Waals surface area contributed by atoms with Gasteiger partial charge in [0.15, 0.2) is 0 Å². The molecule has 0 radical (unpaired) electrons. The van der Waals surface area contributed by atoms with Crippen molar-refractivity contribution >= 4 is 23.6 Å². The van der Waals surface area contributed by atoms with Crippen molar-refractivity contribution in [2.24, 2.45) is 5.92 Å². The van der Waals surface area contributed by atoms with Crippen LogP contribution in [0.5, 0.6) is 0 Å². The van der Waals surface area contributed by atoms with Crippen LogP contribution < -0.4 is 10.6 Å². The summed E-state index contributed by atoms with van der Waals surface area (Å²) in [5, 5.41) is 5.81. The van der Waals surface area contributed by atoms with E-state index in [1.54, 1.807) is 25.7 Å². The molecule has 0 aromatic heterocycles. The van der Waals surface area contributed by atoms with E-state index in [0.29, 0.717) is 12.1 Å². The molecule has 2 rings (SSSR count). The summed E-state index contributed by atoms with van der Waals surface area (Å²) in [6.07, 6.45) is -0.0383. The van der Waals surface area contributed by atoms with Gasteiger partial charge in [0, 0.05) is 11.7 Å². The van der Waals surface area contributed by atoms with Crippen LogP contribution in [0.4, 0.5) is 10.5 Å². The van der Waals surface area contributed by atoms with E-state index in [-0.39, 0.29) is 23.8 Å². The molecule has 3 unspecified atom stereocenters. The highest BCUT2D eigenvalue weighted by atomic mass is 16.6. The maximum atomic E-state index is 14.2. The summed E-state index contributed by atoms with van der Waals surface area (Å²) in [5.74, 6) is -0.871. The zero-order valence-electron chi connectivity index (χ0n) is 23.7. The average molecular weight is 510 g/mol. The van der Waals surface area contributed by atoms with Gasteiger partial charge in [0.1, 0.15) is 17.7 Å². The number of carbonyl (C=O) groups is 3. The van der Waals surface area contributed by atoms with Crippen LogP contribution in [0.25, 0.3) is 0 Å². The van der Waals surface area contributed by atoms with Gasteiger partial charge in [0.05, 0.1) is 0 Å². The summed E-state index contributed by atoms with van der Waals surface area (Å²) in [6.45, 7) is 16.8. The number of nitrogens with zero attached hydrogens (tertiary/aromatic N) is 1. The van der Waals surface area contributed by atoms with Gasteiger partial charge in [-0.1, -0.05) is 63.2 Å². The molecule has 2 aromatic rings. The fraction of sp³-hybridized carbons (Fsp3) is 0.500. The lowest BCUT2D eigenvalue weighted by molar-refractivity contribution is -0.144. The Kier molecular flexibility index (Phi) is 10.3. The monoisotopic (exact) mass is 509 g/mol. The first-order chi connectivity index (χ1) is 17.3. The predicted molar refractivity (Wildman–Crippen MR) is 148 cm³/mol. The van der Waals surface area contributed by atoms with Crippen molar-refractivity contribution in [1.82, 2.24) is 10.2 Å². The number of anilines is 1. The van der Waals surface area contributed by atoms with E-state index in [1.165, 1.54) is 0 Å². The Labute approximate surface area is 222 Å². The Morgan fingerprint density at radius 2 is 1.49 bits per heavy atom. The number of ether oxygens (including phenoxy) is 1. The number of benzene rings is 2. The maximum Gasteiger partial charge on any atom is 0.408 e. The van der Waals surface area contributed by atoms with Crippen molar-refractivity contribution in [2.45, 2.75) is 92.5 Å². The van der Waals surface area contributed by atoms with Crippen LogP contribution in [0.1, 0.15) is 77.6 Å².